The van der Waals surface area contributed by atoms with Crippen molar-refractivity contribution in [3.05, 3.63) is 75.3 Å². The molecule has 2 unspecified atom stereocenters. The molecular formula is C25H23ClFN5O2. The zero-order chi connectivity index (χ0) is 23.4. The highest BCUT2D eigenvalue weighted by molar-refractivity contribution is 6.30. The van der Waals surface area contributed by atoms with Crippen molar-refractivity contribution in [3.8, 4) is 11.1 Å². The second-order valence-corrected chi connectivity index (χ2v) is 9.56. The molecule has 0 bridgehead atoms. The maximum absolute atomic E-state index is 14.9. The van der Waals surface area contributed by atoms with E-state index in [1.165, 1.54) is 23.6 Å². The minimum absolute atomic E-state index is 0.0550. The summed E-state index contributed by atoms with van der Waals surface area (Å²) in [7, 11) is 1.58. The Morgan fingerprint density at radius 1 is 1.12 bits per heavy atom. The van der Waals surface area contributed by atoms with Gasteiger partial charge in [0.1, 0.15) is 11.3 Å². The monoisotopic (exact) mass is 479 g/mol. The standard InChI is InChI=1S/C25H23ClFN5O2/c1-31-25(33)24-20(12-28-31)19(18-5-2-16(26)9-21(18)27)10-22(30-24)14-6-7-34-23(8-14)15-11-29-32(13-15)17-3-4-17/h2,5,9-14,17,23H,3-4,6-8H2,1H3. The van der Waals surface area contributed by atoms with Crippen LogP contribution < -0.4 is 5.56 Å². The molecule has 4 aromatic rings. The fraction of sp³-hybridized carbons (Fsp3) is 0.360. The zero-order valence-electron chi connectivity index (χ0n) is 18.6. The number of hydrogen-bond donors (Lipinski definition) is 0. The van der Waals surface area contributed by atoms with E-state index < -0.39 is 5.82 Å². The van der Waals surface area contributed by atoms with Crippen LogP contribution in [0.2, 0.25) is 5.02 Å². The van der Waals surface area contributed by atoms with E-state index in [4.69, 9.17) is 21.3 Å². The van der Waals surface area contributed by atoms with Crippen LogP contribution in [-0.4, -0.2) is 31.2 Å². The summed E-state index contributed by atoms with van der Waals surface area (Å²) in [5.74, 6) is -0.400. The van der Waals surface area contributed by atoms with E-state index in [2.05, 4.69) is 16.4 Å². The first-order valence-electron chi connectivity index (χ1n) is 11.5. The third-order valence-electron chi connectivity index (χ3n) is 6.77. The highest BCUT2D eigenvalue weighted by atomic mass is 35.5. The van der Waals surface area contributed by atoms with Gasteiger partial charge >= 0.3 is 0 Å². The molecule has 0 N–H and O–H groups in total. The number of rotatable bonds is 4. The van der Waals surface area contributed by atoms with Crippen LogP contribution in [0.4, 0.5) is 4.39 Å². The molecule has 6 rings (SSSR count). The van der Waals surface area contributed by atoms with Crippen LogP contribution in [0.15, 0.2) is 47.7 Å². The molecule has 1 saturated heterocycles. The average Bonchev–Trinajstić information content (AvgIpc) is 3.57. The van der Waals surface area contributed by atoms with Gasteiger partial charge in [0.25, 0.3) is 5.56 Å². The van der Waals surface area contributed by atoms with Crippen LogP contribution in [0.5, 0.6) is 0 Å². The lowest BCUT2D eigenvalue weighted by Crippen LogP contribution is -2.23. The van der Waals surface area contributed by atoms with Gasteiger partial charge in [-0.05, 0) is 55.5 Å². The van der Waals surface area contributed by atoms with E-state index in [1.54, 1.807) is 25.4 Å². The first kappa shape index (κ1) is 21.4. The molecule has 2 fully saturated rings. The summed E-state index contributed by atoms with van der Waals surface area (Å²) in [4.78, 5) is 17.7. The number of nitrogens with zero attached hydrogens (tertiary/aromatic N) is 5. The third-order valence-corrected chi connectivity index (χ3v) is 7.01. The molecule has 2 atom stereocenters. The van der Waals surface area contributed by atoms with Crippen molar-refractivity contribution in [3.63, 3.8) is 0 Å². The molecule has 1 aliphatic carbocycles. The van der Waals surface area contributed by atoms with E-state index in [0.717, 1.165) is 17.7 Å². The predicted octanol–water partition coefficient (Wildman–Crippen LogP) is 4.95. The molecule has 4 heterocycles. The Hall–Kier alpha value is -3.10. The number of fused-ring (bicyclic) bond motifs is 1. The lowest BCUT2D eigenvalue weighted by molar-refractivity contribution is 0.00464. The van der Waals surface area contributed by atoms with E-state index >= 15 is 0 Å². The third kappa shape index (κ3) is 3.80. The van der Waals surface area contributed by atoms with Crippen LogP contribution in [0.3, 0.4) is 0 Å². The molecule has 0 amide bonds. The summed E-state index contributed by atoms with van der Waals surface area (Å²) in [6, 6.07) is 6.95. The number of ether oxygens (including phenoxy) is 1. The molecule has 1 aromatic carbocycles. The van der Waals surface area contributed by atoms with Crippen LogP contribution in [0.25, 0.3) is 22.0 Å². The predicted molar refractivity (Wildman–Crippen MR) is 126 cm³/mol. The van der Waals surface area contributed by atoms with E-state index in [-0.39, 0.29) is 23.1 Å². The lowest BCUT2D eigenvalue weighted by Gasteiger charge is -2.29. The van der Waals surface area contributed by atoms with Gasteiger partial charge in [-0.15, -0.1) is 0 Å². The van der Waals surface area contributed by atoms with Crippen LogP contribution in [0, 0.1) is 5.82 Å². The molecule has 9 heteroatoms. The summed E-state index contributed by atoms with van der Waals surface area (Å²) >= 11 is 5.98. The molecule has 0 radical (unpaired) electrons. The van der Waals surface area contributed by atoms with Crippen molar-refractivity contribution < 1.29 is 9.13 Å². The van der Waals surface area contributed by atoms with Crippen LogP contribution in [-0.2, 0) is 11.8 Å². The van der Waals surface area contributed by atoms with Gasteiger partial charge in [-0.2, -0.15) is 10.2 Å². The molecule has 34 heavy (non-hydrogen) atoms. The smallest absolute Gasteiger partial charge is 0.292 e. The number of hydrogen-bond acceptors (Lipinski definition) is 5. The molecule has 1 saturated carbocycles. The Balaban J connectivity index is 1.43. The SMILES string of the molecule is Cn1ncc2c(-c3ccc(Cl)cc3F)cc(C3CCOC(c4cnn(C5CC5)c4)C3)nc2c1=O. The van der Waals surface area contributed by atoms with Crippen molar-refractivity contribution in [2.24, 2.45) is 7.05 Å². The molecule has 3 aromatic heterocycles. The molecule has 174 valence electrons. The molecule has 2 aliphatic rings. The van der Waals surface area contributed by atoms with Crippen molar-refractivity contribution in [1.82, 2.24) is 24.5 Å². The van der Waals surface area contributed by atoms with E-state index in [1.807, 2.05) is 16.9 Å². The Bertz CT molecular complexity index is 1460. The minimum atomic E-state index is -0.455. The number of benzene rings is 1. The molecular weight excluding hydrogens is 457 g/mol. The lowest BCUT2D eigenvalue weighted by atomic mass is 9.88. The van der Waals surface area contributed by atoms with Gasteiger partial charge < -0.3 is 4.74 Å². The zero-order valence-corrected chi connectivity index (χ0v) is 19.4. The molecule has 0 spiro atoms. The fourth-order valence-electron chi connectivity index (χ4n) is 4.71. The Labute approximate surface area is 200 Å². The van der Waals surface area contributed by atoms with Crippen LogP contribution in [0.1, 0.15) is 55.0 Å². The maximum atomic E-state index is 14.9. The second-order valence-electron chi connectivity index (χ2n) is 9.12. The Morgan fingerprint density at radius 2 is 1.97 bits per heavy atom. The minimum Gasteiger partial charge on any atom is -0.373 e. The Kier molecular flexibility index (Phi) is 5.22. The van der Waals surface area contributed by atoms with Gasteiger partial charge in [0.2, 0.25) is 0 Å². The number of aromatic nitrogens is 5. The second kappa shape index (κ2) is 8.29. The highest BCUT2D eigenvalue weighted by Crippen LogP contribution is 2.41. The Morgan fingerprint density at radius 3 is 2.76 bits per heavy atom. The van der Waals surface area contributed by atoms with Crippen molar-refractivity contribution in [2.45, 2.75) is 43.7 Å². The summed E-state index contributed by atoms with van der Waals surface area (Å²) < 4.78 is 24.3. The number of aryl methyl sites for hydroxylation is 1. The summed E-state index contributed by atoms with van der Waals surface area (Å²) in [5, 5.41) is 9.47. The number of pyridine rings is 1. The summed E-state index contributed by atoms with van der Waals surface area (Å²) in [6.45, 7) is 0.572. The summed E-state index contributed by atoms with van der Waals surface area (Å²) in [5.41, 5.74) is 2.73. The van der Waals surface area contributed by atoms with Gasteiger partial charge in [0, 0.05) is 53.0 Å². The molecule has 7 nitrogen and oxygen atoms in total. The van der Waals surface area contributed by atoms with Gasteiger partial charge in [-0.25, -0.2) is 14.1 Å². The fourth-order valence-corrected chi connectivity index (χ4v) is 4.87. The highest BCUT2D eigenvalue weighted by Gasteiger charge is 2.30. The van der Waals surface area contributed by atoms with Crippen molar-refractivity contribution in [2.75, 3.05) is 6.61 Å². The average molecular weight is 480 g/mol. The van der Waals surface area contributed by atoms with E-state index in [9.17, 15) is 9.18 Å². The topological polar surface area (TPSA) is 74.8 Å². The van der Waals surface area contributed by atoms with E-state index in [0.29, 0.717) is 40.6 Å². The normalized spacial score (nSPS) is 20.7. The van der Waals surface area contributed by atoms with Gasteiger partial charge in [0.15, 0.2) is 0 Å². The van der Waals surface area contributed by atoms with Gasteiger partial charge in [-0.1, -0.05) is 11.6 Å². The maximum Gasteiger partial charge on any atom is 0.292 e. The number of halogens is 2. The first-order chi connectivity index (χ1) is 16.5. The molecule has 1 aliphatic heterocycles. The van der Waals surface area contributed by atoms with Crippen LogP contribution >= 0.6 is 11.6 Å². The largest absolute Gasteiger partial charge is 0.373 e. The first-order valence-corrected chi connectivity index (χ1v) is 11.8. The quantitative estimate of drug-likeness (QED) is 0.414. The summed E-state index contributed by atoms with van der Waals surface area (Å²) in [6.07, 6.45) is 9.25. The van der Waals surface area contributed by atoms with Crippen molar-refractivity contribution in [1.29, 1.82) is 0 Å². The van der Waals surface area contributed by atoms with Crippen molar-refractivity contribution >= 4 is 22.5 Å². The van der Waals surface area contributed by atoms with Gasteiger partial charge in [-0.3, -0.25) is 9.48 Å². The van der Waals surface area contributed by atoms with Gasteiger partial charge in [0.05, 0.1) is 24.5 Å².